The zero-order valence-corrected chi connectivity index (χ0v) is 85.0. The first-order valence-corrected chi connectivity index (χ1v) is 60.2. The fraction of sp³-hybridized carbons (Fsp3) is 0. The van der Waals surface area contributed by atoms with Gasteiger partial charge in [0.25, 0.3) is 0 Å². The summed E-state index contributed by atoms with van der Waals surface area (Å²) in [5, 5.41) is 35.1. The van der Waals surface area contributed by atoms with Gasteiger partial charge in [0, 0.05) is 0 Å². The molecule has 0 saturated carbocycles. The number of aromatic nitrogens is 7. The molecule has 0 aliphatic carbocycles. The first-order valence-electron chi connectivity index (χ1n) is 48.2. The van der Waals surface area contributed by atoms with E-state index in [1.807, 2.05) is 18.3 Å². The summed E-state index contributed by atoms with van der Waals surface area (Å²) >= 11 is 11.3. The van der Waals surface area contributed by atoms with Gasteiger partial charge in [-0.25, -0.2) is 0 Å². The minimum absolute atomic E-state index is 0.953. The van der Waals surface area contributed by atoms with E-state index in [1.165, 1.54) is 172 Å². The molecule has 0 bridgehead atoms. The predicted molar refractivity (Wildman–Crippen MR) is 618 cm³/mol. The Morgan fingerprint density at radius 3 is 1.09 bits per heavy atom. The molecule has 13 heteroatoms. The number of pyridine rings is 4. The third-order valence-corrected chi connectivity index (χ3v) is 50.0. The van der Waals surface area contributed by atoms with Crippen LogP contribution in [0.15, 0.2) is 510 Å². The van der Waals surface area contributed by atoms with Crippen molar-refractivity contribution in [3.8, 4) is 33.5 Å². The zero-order chi connectivity index (χ0) is 95.0. The summed E-state index contributed by atoms with van der Waals surface area (Å²) in [4.78, 5) is 20.6. The zero-order valence-electron chi connectivity index (χ0n) is 77.2. The van der Waals surface area contributed by atoms with Crippen LogP contribution in [0.2, 0.25) is 0 Å². The number of hydrogen-bond acceptors (Lipinski definition) is 4. The second-order valence-corrected chi connectivity index (χ2v) is 55.4. The van der Waals surface area contributed by atoms with Crippen LogP contribution in [0.5, 0.6) is 0 Å². The van der Waals surface area contributed by atoms with Gasteiger partial charge in [-0.15, -0.1) is 0 Å². The van der Waals surface area contributed by atoms with Gasteiger partial charge < -0.3 is 0 Å². The number of imidazole rings is 3. The van der Waals surface area contributed by atoms with Crippen molar-refractivity contribution in [2.45, 2.75) is 0 Å². The molecular formula is C130H84N7P3Se3. The standard InChI is InChI=1S/C49H31N2PSe.C41H27N2PSe.C40H26N3PSe/c53-52(35-15-3-1-4-16-35,36-17-5-2-6-18-36)37-25-28-46-44(31-37)48-39-20-10-7-13-32(39)23-26-42(48)49-50-45-27-24-34(30-47(45)51(46)49)43-29-33-14-8-9-19-38(33)40-21-11-12-22-41(40)43;45-44(32-16-6-2-7-17-32,33-18-8-3-9-19-33)34-21-22-35-36-24-29-14-10-11-15-30(29)25-37(36)41-42-38-23-20-31(28-12-4-1-5-13-28)26-40(38)43(41)39(35)27-34;45-44(29-12-3-1-4-13-29,30-14-5-2-6-15-30)31-20-23-37-34(26-31)33-21-18-27-11-7-8-16-32(27)39(33)40-42-36-22-19-28(25-38(36)43(37)40)35-17-9-10-24-41-35/h1-31H;1-27H;1-26H. The number of benzene rings is 22. The molecule has 7 nitrogen and oxygen atoms in total. The summed E-state index contributed by atoms with van der Waals surface area (Å²) in [5.74, 6) is 0. The molecule has 7 aromatic heterocycles. The second-order valence-electron chi connectivity index (χ2n) is 36.8. The van der Waals surface area contributed by atoms with Crippen LogP contribution in [-0.4, -0.2) is 78.4 Å². The summed E-state index contributed by atoms with van der Waals surface area (Å²) in [7, 11) is 0. The Morgan fingerprint density at radius 2 is 0.552 bits per heavy atom. The fourth-order valence-corrected chi connectivity index (χ4v) is 36.9. The van der Waals surface area contributed by atoms with E-state index in [2.05, 4.69) is 555 Å². The first-order chi connectivity index (χ1) is 70.5. The van der Waals surface area contributed by atoms with Gasteiger partial charge in [-0.1, -0.05) is 42.5 Å². The van der Waals surface area contributed by atoms with E-state index in [0.29, 0.717) is 0 Å². The minimum atomic E-state index is -2.10. The molecule has 0 fully saturated rings. The Kier molecular flexibility index (Phi) is 21.4. The molecule has 0 aliphatic heterocycles. The van der Waals surface area contributed by atoms with Crippen LogP contribution in [-0.2, 0) is 0 Å². The molecule has 0 saturated heterocycles. The first kappa shape index (κ1) is 86.6. The maximum atomic E-state index is 5.38. The van der Waals surface area contributed by atoms with Crippen molar-refractivity contribution in [2.24, 2.45) is 0 Å². The maximum absolute atomic E-state index is 5.38. The fourth-order valence-electron chi connectivity index (χ4n) is 22.1. The van der Waals surface area contributed by atoms with Crippen LogP contribution in [0.4, 0.5) is 0 Å². The van der Waals surface area contributed by atoms with Crippen molar-refractivity contribution < 1.29 is 0 Å². The number of hydrogen-bond donors (Lipinski definition) is 0. The van der Waals surface area contributed by atoms with Gasteiger partial charge in [-0.05, 0) is 11.5 Å². The van der Waals surface area contributed by atoms with E-state index in [4.69, 9.17) is 15.0 Å². The Morgan fingerprint density at radius 1 is 0.175 bits per heavy atom. The number of nitrogens with zero attached hydrogens (tertiary/aromatic N) is 7. The number of rotatable bonds is 12. The van der Waals surface area contributed by atoms with Gasteiger partial charge in [-0.2, -0.15) is 0 Å². The summed E-state index contributed by atoms with van der Waals surface area (Å²) < 4.78 is 7.17. The molecule has 0 aliphatic rings. The topological polar surface area (TPSA) is 64.8 Å². The summed E-state index contributed by atoms with van der Waals surface area (Å²) in [6.45, 7) is 0. The molecular weight excluding hydrogens is 1990 g/mol. The van der Waals surface area contributed by atoms with Crippen LogP contribution < -0.4 is 47.7 Å². The number of fused-ring (bicyclic) bond motifs is 32. The molecule has 143 heavy (non-hydrogen) atoms. The third kappa shape index (κ3) is 14.4. The molecule has 0 N–H and O–H groups in total. The van der Waals surface area contributed by atoms with E-state index < -0.39 is 16.5 Å². The Hall–Kier alpha value is -15.5. The van der Waals surface area contributed by atoms with Gasteiger partial charge in [0.2, 0.25) is 0 Å². The van der Waals surface area contributed by atoms with E-state index in [1.54, 1.807) is 0 Å². The van der Waals surface area contributed by atoms with Crippen molar-refractivity contribution in [1.29, 1.82) is 0 Å². The second kappa shape index (κ2) is 35.3. The average Bonchev–Trinajstić information content (AvgIpc) is 1.62. The SMILES string of the molecule is [Se]=P(c1ccccc1)(c1ccccc1)c1ccc2c(c1)c1c3ccccc3ccc1c1nc3ccc(-c4cc5ccccc5c5ccccc45)cc3n21.[Se]=P(c1ccccc1)(c1ccccc1)c1ccc2c(c1)c1ccc3ccccc3c1c1nc3ccc(-c4ccccn4)cc3n21.[Se]=P(c1ccccc1)(c1ccccc1)c1ccc2c3cc4ccccc4cc3c3nc4ccc(-c5ccccc5)cc4n3c2c1. The van der Waals surface area contributed by atoms with Crippen molar-refractivity contribution in [3.63, 3.8) is 0 Å². The van der Waals surface area contributed by atoms with Crippen molar-refractivity contribution in [1.82, 2.24) is 33.1 Å². The van der Waals surface area contributed by atoms with Gasteiger partial charge in [0.05, 0.1) is 0 Å². The molecule has 0 unspecified atom stereocenters. The summed E-state index contributed by atoms with van der Waals surface area (Å²) in [6, 6.07) is 183. The molecule has 0 amide bonds. The molecule has 0 radical (unpaired) electrons. The molecule has 29 aromatic rings. The molecule has 7 heterocycles. The van der Waals surface area contributed by atoms with E-state index in [-0.39, 0.29) is 0 Å². The van der Waals surface area contributed by atoms with Crippen molar-refractivity contribution in [2.75, 3.05) is 0 Å². The van der Waals surface area contributed by atoms with Gasteiger partial charge in [0.15, 0.2) is 0 Å². The Balaban J connectivity index is 0.000000108. The van der Waals surface area contributed by atoms with Crippen molar-refractivity contribution >= 4 is 278 Å². The summed E-state index contributed by atoms with van der Waals surface area (Å²) in [5.41, 5.74) is 13.3. The van der Waals surface area contributed by atoms with Crippen LogP contribution in [0.1, 0.15) is 0 Å². The van der Waals surface area contributed by atoms with E-state index in [0.717, 1.165) is 77.7 Å². The molecule has 29 rings (SSSR count). The van der Waals surface area contributed by atoms with Crippen LogP contribution in [0.25, 0.3) is 202 Å². The quantitative estimate of drug-likeness (QED) is 0.0529. The molecule has 0 atom stereocenters. The average molecular weight is 2070 g/mol. The van der Waals surface area contributed by atoms with E-state index in [9.17, 15) is 0 Å². The molecule has 0 spiro atoms. The van der Waals surface area contributed by atoms with Crippen LogP contribution in [0.3, 0.4) is 0 Å². The van der Waals surface area contributed by atoms with E-state index >= 15 is 0 Å². The third-order valence-electron chi connectivity index (χ3n) is 28.9. The Labute approximate surface area is 847 Å². The molecule has 22 aromatic carbocycles. The summed E-state index contributed by atoms with van der Waals surface area (Å²) in [6.07, 6.45) is 1.85. The predicted octanol–water partition coefficient (Wildman–Crippen LogP) is 28.7. The van der Waals surface area contributed by atoms with Gasteiger partial charge in [-0.3, -0.25) is 0 Å². The van der Waals surface area contributed by atoms with Crippen LogP contribution >= 0.6 is 16.5 Å². The van der Waals surface area contributed by atoms with Gasteiger partial charge >= 0.3 is 801 Å². The van der Waals surface area contributed by atoms with Crippen molar-refractivity contribution in [3.05, 3.63) is 510 Å². The Bertz CT molecular complexity index is 10300. The normalized spacial score (nSPS) is 12.1. The monoisotopic (exact) mass is 2080 g/mol. The van der Waals surface area contributed by atoms with Crippen LogP contribution in [0, 0.1) is 0 Å². The van der Waals surface area contributed by atoms with Gasteiger partial charge in [0.1, 0.15) is 0 Å². The molecule has 672 valence electrons.